The number of fused-ring (bicyclic) bond motifs is 1. The zero-order chi connectivity index (χ0) is 8.39. The Bertz CT molecular complexity index is 377. The summed E-state index contributed by atoms with van der Waals surface area (Å²) < 4.78 is 0. The van der Waals surface area contributed by atoms with Crippen LogP contribution in [0.3, 0.4) is 0 Å². The largest absolute Gasteiger partial charge is 0.333 e. The number of nitrogens with one attached hydrogen (secondary N) is 1. The first-order valence-electron chi connectivity index (χ1n) is 3.45. The third kappa shape index (κ3) is 1.21. The summed E-state index contributed by atoms with van der Waals surface area (Å²) in [6.07, 6.45) is 0. The van der Waals surface area contributed by atoms with Crippen molar-refractivity contribution >= 4 is 28.4 Å². The van der Waals surface area contributed by atoms with Gasteiger partial charge in [0.25, 0.3) is 0 Å². The molecule has 1 aromatic heterocycles. The summed E-state index contributed by atoms with van der Waals surface area (Å²) in [5.41, 5.74) is 2.61. The number of thioether (sulfide) groups is 1. The highest BCUT2D eigenvalue weighted by Gasteiger charge is 1.99. The molecule has 0 radical (unpaired) electrons. The minimum absolute atomic E-state index is 0.645. The van der Waals surface area contributed by atoms with E-state index in [1.165, 1.54) is 0 Å². The lowest BCUT2D eigenvalue weighted by Gasteiger charge is -1.81. The molecule has 0 spiro atoms. The number of carbonyl (C=O) groups excluding carboxylic acids is 1. The first kappa shape index (κ1) is 7.36. The Morgan fingerprint density at radius 3 is 3.00 bits per heavy atom. The maximum atomic E-state index is 10.2. The summed E-state index contributed by atoms with van der Waals surface area (Å²) >= 11 is 1.05. The van der Waals surface area contributed by atoms with E-state index in [0.717, 1.165) is 28.4 Å². The van der Waals surface area contributed by atoms with E-state index in [0.29, 0.717) is 5.16 Å². The highest BCUT2D eigenvalue weighted by Crippen LogP contribution is 2.16. The van der Waals surface area contributed by atoms with Gasteiger partial charge in [0.15, 0.2) is 10.8 Å². The van der Waals surface area contributed by atoms with E-state index in [-0.39, 0.29) is 0 Å². The lowest BCUT2D eigenvalue weighted by atomic mass is 10.3. The Labute approximate surface area is 73.2 Å². The predicted octanol–water partition coefficient (Wildman–Crippen LogP) is 1.85. The van der Waals surface area contributed by atoms with Gasteiger partial charge in [-0.05, 0) is 23.9 Å². The monoisotopic (exact) mass is 178 g/mol. The highest BCUT2D eigenvalue weighted by molar-refractivity contribution is 8.11. The van der Waals surface area contributed by atoms with Crippen molar-refractivity contribution < 1.29 is 4.79 Å². The normalized spacial score (nSPS) is 10.3. The Balaban J connectivity index is 2.54. The molecule has 0 saturated carbocycles. The second-order valence-corrected chi connectivity index (χ2v) is 3.09. The van der Waals surface area contributed by atoms with Gasteiger partial charge >= 0.3 is 0 Å². The van der Waals surface area contributed by atoms with Crippen LogP contribution in [-0.4, -0.2) is 15.6 Å². The van der Waals surface area contributed by atoms with Gasteiger partial charge in [0.05, 0.1) is 11.0 Å². The maximum absolute atomic E-state index is 10.2. The molecule has 2 rings (SSSR count). The molecule has 60 valence electrons. The van der Waals surface area contributed by atoms with Gasteiger partial charge in [0.2, 0.25) is 0 Å². The maximum Gasteiger partial charge on any atom is 0.183 e. The van der Waals surface area contributed by atoms with Crippen molar-refractivity contribution in [2.24, 2.45) is 0 Å². The van der Waals surface area contributed by atoms with E-state index < -0.39 is 0 Å². The average Bonchev–Trinajstić information content (AvgIpc) is 2.47. The quantitative estimate of drug-likeness (QED) is 0.563. The number of aromatic amines is 1. The molecule has 0 aliphatic carbocycles. The number of para-hydroxylation sites is 2. The zero-order valence-electron chi connectivity index (χ0n) is 6.15. The van der Waals surface area contributed by atoms with Gasteiger partial charge < -0.3 is 4.98 Å². The van der Waals surface area contributed by atoms with Gasteiger partial charge in [-0.15, -0.1) is 0 Å². The molecule has 1 aromatic carbocycles. The van der Waals surface area contributed by atoms with Crippen LogP contribution in [0.1, 0.15) is 0 Å². The Hall–Kier alpha value is -1.29. The van der Waals surface area contributed by atoms with E-state index in [2.05, 4.69) is 9.97 Å². The van der Waals surface area contributed by atoms with Gasteiger partial charge in [0, 0.05) is 0 Å². The molecule has 0 amide bonds. The molecule has 0 saturated heterocycles. The first-order valence-corrected chi connectivity index (χ1v) is 4.33. The third-order valence-corrected chi connectivity index (χ3v) is 2.04. The Morgan fingerprint density at radius 1 is 1.42 bits per heavy atom. The smallest absolute Gasteiger partial charge is 0.183 e. The van der Waals surface area contributed by atoms with Crippen LogP contribution < -0.4 is 0 Å². The molecule has 0 unspecified atom stereocenters. The van der Waals surface area contributed by atoms with Crippen molar-refractivity contribution in [2.75, 3.05) is 0 Å². The van der Waals surface area contributed by atoms with Gasteiger partial charge in [-0.1, -0.05) is 12.1 Å². The molecule has 1 N–H and O–H groups in total. The van der Waals surface area contributed by atoms with Gasteiger partial charge in [-0.2, -0.15) is 0 Å². The van der Waals surface area contributed by atoms with Crippen LogP contribution in [0.25, 0.3) is 11.0 Å². The third-order valence-electron chi connectivity index (χ3n) is 1.53. The molecule has 0 aliphatic heterocycles. The zero-order valence-corrected chi connectivity index (χ0v) is 6.97. The topological polar surface area (TPSA) is 45.8 Å². The number of aromatic nitrogens is 2. The molecule has 3 nitrogen and oxygen atoms in total. The summed E-state index contributed by atoms with van der Waals surface area (Å²) in [5.74, 6) is 0. The lowest BCUT2D eigenvalue weighted by molar-refractivity contribution is 0.570. The van der Waals surface area contributed by atoms with E-state index in [1.54, 1.807) is 0 Å². The van der Waals surface area contributed by atoms with Crippen LogP contribution >= 0.6 is 11.8 Å². The van der Waals surface area contributed by atoms with Crippen LogP contribution in [0, 0.1) is 0 Å². The fourth-order valence-electron chi connectivity index (χ4n) is 1.03. The molecule has 1 heterocycles. The molecule has 0 atom stereocenters. The Kier molecular flexibility index (Phi) is 1.83. The van der Waals surface area contributed by atoms with E-state index in [4.69, 9.17) is 0 Å². The lowest BCUT2D eigenvalue weighted by Crippen LogP contribution is -1.70. The van der Waals surface area contributed by atoms with E-state index in [9.17, 15) is 4.79 Å². The number of benzene rings is 1. The number of imidazole rings is 1. The van der Waals surface area contributed by atoms with E-state index >= 15 is 0 Å². The summed E-state index contributed by atoms with van der Waals surface area (Å²) in [6, 6.07) is 7.67. The molecule has 0 bridgehead atoms. The van der Waals surface area contributed by atoms with Crippen LogP contribution in [0.5, 0.6) is 0 Å². The van der Waals surface area contributed by atoms with Crippen molar-refractivity contribution in [3.63, 3.8) is 0 Å². The Morgan fingerprint density at radius 2 is 2.25 bits per heavy atom. The van der Waals surface area contributed by atoms with E-state index in [1.807, 2.05) is 24.3 Å². The predicted molar refractivity (Wildman–Crippen MR) is 48.7 cm³/mol. The molecular formula is C8H6N2OS. The molecular weight excluding hydrogens is 172 g/mol. The number of H-pyrrole nitrogens is 1. The fraction of sp³-hybridized carbons (Fsp3) is 0. The standard InChI is InChI=1S/C8H6N2OS/c11-5-12-8-9-6-3-1-2-4-7(6)10-8/h1-5H,(H,9,10). The van der Waals surface area contributed by atoms with Crippen LogP contribution in [0.2, 0.25) is 0 Å². The number of carbonyl (C=O) groups is 1. The summed E-state index contributed by atoms with van der Waals surface area (Å²) in [6.45, 7) is 0. The molecule has 4 heteroatoms. The van der Waals surface area contributed by atoms with Gasteiger partial charge in [-0.3, -0.25) is 4.79 Å². The summed E-state index contributed by atoms with van der Waals surface area (Å²) in [7, 11) is 0. The highest BCUT2D eigenvalue weighted by atomic mass is 32.2. The van der Waals surface area contributed by atoms with Crippen molar-refractivity contribution in [3.05, 3.63) is 24.3 Å². The SMILES string of the molecule is O=CSc1nc2ccccc2[nH]1. The van der Waals surface area contributed by atoms with Crippen LogP contribution in [0.15, 0.2) is 29.4 Å². The number of hydrogen-bond acceptors (Lipinski definition) is 3. The van der Waals surface area contributed by atoms with Crippen molar-refractivity contribution in [1.82, 2.24) is 9.97 Å². The van der Waals surface area contributed by atoms with Crippen molar-refractivity contribution in [2.45, 2.75) is 5.16 Å². The van der Waals surface area contributed by atoms with Gasteiger partial charge in [0.1, 0.15) is 0 Å². The molecule has 0 fully saturated rings. The molecule has 0 aliphatic rings. The van der Waals surface area contributed by atoms with Crippen LogP contribution in [-0.2, 0) is 4.79 Å². The summed E-state index contributed by atoms with van der Waals surface area (Å²) in [4.78, 5) is 17.3. The minimum atomic E-state index is 0.645. The number of nitrogens with zero attached hydrogens (tertiary/aromatic N) is 1. The average molecular weight is 178 g/mol. The minimum Gasteiger partial charge on any atom is -0.333 e. The van der Waals surface area contributed by atoms with Gasteiger partial charge in [-0.25, -0.2) is 4.98 Å². The first-order chi connectivity index (χ1) is 5.90. The van der Waals surface area contributed by atoms with Crippen molar-refractivity contribution in [1.29, 1.82) is 0 Å². The molecule has 12 heavy (non-hydrogen) atoms. The van der Waals surface area contributed by atoms with Crippen LogP contribution in [0.4, 0.5) is 0 Å². The second kappa shape index (κ2) is 2.98. The second-order valence-electron chi connectivity index (χ2n) is 2.27. The molecule has 2 aromatic rings. The fourth-order valence-corrected chi connectivity index (χ4v) is 1.44. The van der Waals surface area contributed by atoms with Crippen molar-refractivity contribution in [3.8, 4) is 0 Å². The number of rotatable bonds is 2. The summed E-state index contributed by atoms with van der Waals surface area (Å²) in [5, 5.41) is 0.645. The number of hydrogen-bond donors (Lipinski definition) is 1.